The standard InChI is InChI=1S/C14H12BrF2N/c1-9-6-11(15)3-5-14(9)18-8-10-2-4-12(16)7-13(10)17/h2-7,18H,8H2,1H3. The molecule has 0 saturated carbocycles. The Morgan fingerprint density at radius 2 is 1.89 bits per heavy atom. The van der Waals surface area contributed by atoms with Crippen LogP contribution in [0.1, 0.15) is 11.1 Å². The highest BCUT2D eigenvalue weighted by Gasteiger charge is 2.04. The summed E-state index contributed by atoms with van der Waals surface area (Å²) in [6.07, 6.45) is 0. The molecule has 0 saturated heterocycles. The maximum Gasteiger partial charge on any atom is 0.131 e. The van der Waals surface area contributed by atoms with Crippen LogP contribution in [-0.2, 0) is 6.54 Å². The predicted molar refractivity (Wildman–Crippen MR) is 72.6 cm³/mol. The van der Waals surface area contributed by atoms with Crippen molar-refractivity contribution in [2.75, 3.05) is 5.32 Å². The van der Waals surface area contributed by atoms with Gasteiger partial charge in [0.2, 0.25) is 0 Å². The highest BCUT2D eigenvalue weighted by molar-refractivity contribution is 9.10. The summed E-state index contributed by atoms with van der Waals surface area (Å²) in [5.41, 5.74) is 2.44. The molecule has 0 bridgehead atoms. The van der Waals surface area contributed by atoms with Gasteiger partial charge in [0.15, 0.2) is 0 Å². The van der Waals surface area contributed by atoms with Gasteiger partial charge in [-0.15, -0.1) is 0 Å². The first-order valence-corrected chi connectivity index (χ1v) is 6.29. The van der Waals surface area contributed by atoms with E-state index < -0.39 is 11.6 Å². The average Bonchev–Trinajstić information content (AvgIpc) is 2.30. The fourth-order valence-electron chi connectivity index (χ4n) is 1.68. The Hall–Kier alpha value is -1.42. The number of hydrogen-bond donors (Lipinski definition) is 1. The molecule has 18 heavy (non-hydrogen) atoms. The van der Waals surface area contributed by atoms with Crippen LogP contribution < -0.4 is 5.32 Å². The lowest BCUT2D eigenvalue weighted by Gasteiger charge is -2.10. The zero-order chi connectivity index (χ0) is 13.1. The number of aryl methyl sites for hydroxylation is 1. The van der Waals surface area contributed by atoms with E-state index in [9.17, 15) is 8.78 Å². The van der Waals surface area contributed by atoms with E-state index in [1.54, 1.807) is 0 Å². The normalized spacial score (nSPS) is 10.4. The minimum absolute atomic E-state index is 0.328. The van der Waals surface area contributed by atoms with Crippen molar-refractivity contribution in [3.63, 3.8) is 0 Å². The Morgan fingerprint density at radius 1 is 1.11 bits per heavy atom. The molecule has 1 nitrogen and oxygen atoms in total. The van der Waals surface area contributed by atoms with Crippen molar-refractivity contribution < 1.29 is 8.78 Å². The Kier molecular flexibility index (Phi) is 3.97. The first-order chi connectivity index (χ1) is 8.56. The van der Waals surface area contributed by atoms with Crippen LogP contribution in [0.2, 0.25) is 0 Å². The molecule has 4 heteroatoms. The minimum Gasteiger partial charge on any atom is -0.381 e. The smallest absolute Gasteiger partial charge is 0.131 e. The van der Waals surface area contributed by atoms with Crippen molar-refractivity contribution in [2.24, 2.45) is 0 Å². The van der Waals surface area contributed by atoms with E-state index in [0.29, 0.717) is 12.1 Å². The topological polar surface area (TPSA) is 12.0 Å². The lowest BCUT2D eigenvalue weighted by Crippen LogP contribution is -2.03. The molecule has 0 spiro atoms. The largest absolute Gasteiger partial charge is 0.381 e. The van der Waals surface area contributed by atoms with Crippen LogP contribution in [0.15, 0.2) is 40.9 Å². The van der Waals surface area contributed by atoms with Crippen molar-refractivity contribution in [3.8, 4) is 0 Å². The molecular weight excluding hydrogens is 300 g/mol. The molecule has 0 aliphatic carbocycles. The lowest BCUT2D eigenvalue weighted by molar-refractivity contribution is 0.574. The summed E-state index contributed by atoms with van der Waals surface area (Å²) in [5, 5.41) is 3.13. The van der Waals surface area contributed by atoms with Crippen LogP contribution in [0.3, 0.4) is 0 Å². The molecule has 0 atom stereocenters. The first kappa shape index (κ1) is 13.0. The van der Waals surface area contributed by atoms with E-state index in [4.69, 9.17) is 0 Å². The van der Waals surface area contributed by atoms with Crippen LogP contribution >= 0.6 is 15.9 Å². The van der Waals surface area contributed by atoms with Crippen LogP contribution in [0.5, 0.6) is 0 Å². The van der Waals surface area contributed by atoms with Gasteiger partial charge >= 0.3 is 0 Å². The molecular formula is C14H12BrF2N. The van der Waals surface area contributed by atoms with E-state index >= 15 is 0 Å². The third-order valence-electron chi connectivity index (χ3n) is 2.67. The van der Waals surface area contributed by atoms with Crippen LogP contribution in [-0.4, -0.2) is 0 Å². The highest BCUT2D eigenvalue weighted by Crippen LogP contribution is 2.21. The Balaban J connectivity index is 2.11. The minimum atomic E-state index is -0.559. The number of halogens is 3. The van der Waals surface area contributed by atoms with E-state index in [1.807, 2.05) is 25.1 Å². The fraction of sp³-hybridized carbons (Fsp3) is 0.143. The van der Waals surface area contributed by atoms with Crippen LogP contribution in [0.25, 0.3) is 0 Å². The number of rotatable bonds is 3. The molecule has 0 radical (unpaired) electrons. The summed E-state index contributed by atoms with van der Waals surface area (Å²) in [5.74, 6) is -1.09. The third-order valence-corrected chi connectivity index (χ3v) is 3.17. The predicted octanol–water partition coefficient (Wildman–Crippen LogP) is 4.65. The number of hydrogen-bond acceptors (Lipinski definition) is 1. The quantitative estimate of drug-likeness (QED) is 0.870. The average molecular weight is 312 g/mol. The van der Waals surface area contributed by atoms with Gasteiger partial charge in [-0.3, -0.25) is 0 Å². The number of benzene rings is 2. The van der Waals surface area contributed by atoms with Crippen LogP contribution in [0.4, 0.5) is 14.5 Å². The molecule has 0 heterocycles. The van der Waals surface area contributed by atoms with Gasteiger partial charge in [0.25, 0.3) is 0 Å². The molecule has 1 N–H and O–H groups in total. The summed E-state index contributed by atoms with van der Waals surface area (Å²) in [4.78, 5) is 0. The lowest BCUT2D eigenvalue weighted by atomic mass is 10.1. The Morgan fingerprint density at radius 3 is 2.56 bits per heavy atom. The highest BCUT2D eigenvalue weighted by atomic mass is 79.9. The Labute approximate surface area is 113 Å². The SMILES string of the molecule is Cc1cc(Br)ccc1NCc1ccc(F)cc1F. The van der Waals surface area contributed by atoms with E-state index in [0.717, 1.165) is 21.8 Å². The first-order valence-electron chi connectivity index (χ1n) is 5.50. The van der Waals surface area contributed by atoms with Gasteiger partial charge in [0, 0.05) is 28.3 Å². The zero-order valence-corrected chi connectivity index (χ0v) is 11.4. The molecule has 2 aromatic rings. The summed E-state index contributed by atoms with van der Waals surface area (Å²) in [6, 6.07) is 9.41. The molecule has 0 unspecified atom stereocenters. The van der Waals surface area contributed by atoms with Crippen molar-refractivity contribution in [1.29, 1.82) is 0 Å². The second-order valence-electron chi connectivity index (χ2n) is 4.05. The van der Waals surface area contributed by atoms with E-state index in [-0.39, 0.29) is 0 Å². The molecule has 94 valence electrons. The molecule has 0 aromatic heterocycles. The van der Waals surface area contributed by atoms with E-state index in [2.05, 4.69) is 21.2 Å². The molecule has 2 rings (SSSR count). The van der Waals surface area contributed by atoms with Crippen LogP contribution in [0, 0.1) is 18.6 Å². The van der Waals surface area contributed by atoms with Gasteiger partial charge in [0.05, 0.1) is 0 Å². The maximum atomic E-state index is 13.4. The van der Waals surface area contributed by atoms with Gasteiger partial charge < -0.3 is 5.32 Å². The molecule has 2 aromatic carbocycles. The van der Waals surface area contributed by atoms with Gasteiger partial charge in [-0.1, -0.05) is 22.0 Å². The maximum absolute atomic E-state index is 13.4. The van der Waals surface area contributed by atoms with Gasteiger partial charge in [-0.05, 0) is 36.8 Å². The second kappa shape index (κ2) is 5.48. The molecule has 0 aliphatic rings. The van der Waals surface area contributed by atoms with Crippen molar-refractivity contribution in [2.45, 2.75) is 13.5 Å². The van der Waals surface area contributed by atoms with Crippen molar-refractivity contribution in [3.05, 3.63) is 63.6 Å². The van der Waals surface area contributed by atoms with Crippen molar-refractivity contribution in [1.82, 2.24) is 0 Å². The third kappa shape index (κ3) is 3.07. The zero-order valence-electron chi connectivity index (χ0n) is 9.81. The molecule has 0 aliphatic heterocycles. The van der Waals surface area contributed by atoms with Gasteiger partial charge in [-0.25, -0.2) is 8.78 Å². The number of anilines is 1. The molecule has 0 amide bonds. The fourth-order valence-corrected chi connectivity index (χ4v) is 2.16. The van der Waals surface area contributed by atoms with Crippen molar-refractivity contribution >= 4 is 21.6 Å². The van der Waals surface area contributed by atoms with Gasteiger partial charge in [-0.2, -0.15) is 0 Å². The monoisotopic (exact) mass is 311 g/mol. The summed E-state index contributed by atoms with van der Waals surface area (Å²) >= 11 is 3.38. The number of nitrogens with one attached hydrogen (secondary N) is 1. The second-order valence-corrected chi connectivity index (χ2v) is 4.96. The summed E-state index contributed by atoms with van der Waals surface area (Å²) in [7, 11) is 0. The molecule has 0 fully saturated rings. The van der Waals surface area contributed by atoms with E-state index in [1.165, 1.54) is 12.1 Å². The summed E-state index contributed by atoms with van der Waals surface area (Å²) in [6.45, 7) is 2.29. The van der Waals surface area contributed by atoms with Gasteiger partial charge in [0.1, 0.15) is 11.6 Å². The summed E-state index contributed by atoms with van der Waals surface area (Å²) < 4.78 is 27.2. The Bertz CT molecular complexity index is 518.